The van der Waals surface area contributed by atoms with Crippen LogP contribution in [0.2, 0.25) is 5.02 Å². The Bertz CT molecular complexity index is 457. The van der Waals surface area contributed by atoms with E-state index in [1.54, 1.807) is 0 Å². The second kappa shape index (κ2) is 6.40. The lowest BCUT2D eigenvalue weighted by Gasteiger charge is -2.34. The van der Waals surface area contributed by atoms with Gasteiger partial charge < -0.3 is 9.64 Å². The predicted octanol–water partition coefficient (Wildman–Crippen LogP) is 2.90. The summed E-state index contributed by atoms with van der Waals surface area (Å²) in [6.07, 6.45) is 0.922. The van der Waals surface area contributed by atoms with E-state index in [9.17, 15) is 4.79 Å². The van der Waals surface area contributed by atoms with Crippen molar-refractivity contribution in [2.75, 3.05) is 19.8 Å². The maximum Gasteiger partial charge on any atom is 0.230 e. The summed E-state index contributed by atoms with van der Waals surface area (Å²) in [6, 6.07) is 5.94. The number of carbonyl (C=O) groups excluding carboxylic acids is 1. The topological polar surface area (TPSA) is 29.5 Å². The molecule has 0 unspecified atom stereocenters. The summed E-state index contributed by atoms with van der Waals surface area (Å²) < 4.78 is 5.07. The average Bonchev–Trinajstić information content (AvgIpc) is 2.38. The molecule has 3 rings (SSSR count). The van der Waals surface area contributed by atoms with Gasteiger partial charge in [-0.25, -0.2) is 0 Å². The van der Waals surface area contributed by atoms with Crippen molar-refractivity contribution in [3.8, 4) is 0 Å². The molecule has 2 heterocycles. The summed E-state index contributed by atoms with van der Waals surface area (Å²) in [5.74, 6) is 0.303. The van der Waals surface area contributed by atoms with Gasteiger partial charge in [-0.2, -0.15) is 0 Å². The molecule has 0 atom stereocenters. The van der Waals surface area contributed by atoms with Gasteiger partial charge in [0.1, 0.15) is 0 Å². The number of hydrogen-bond donors (Lipinski definition) is 0. The van der Waals surface area contributed by atoms with E-state index < -0.39 is 0 Å². The zero-order chi connectivity index (χ0) is 13.8. The molecule has 4 heteroatoms. The van der Waals surface area contributed by atoms with E-state index in [1.807, 2.05) is 30.9 Å². The molecule has 1 amide bonds. The molecule has 0 N–H and O–H groups in total. The van der Waals surface area contributed by atoms with Crippen LogP contribution in [0.3, 0.4) is 0 Å². The second-order valence-corrected chi connectivity index (χ2v) is 5.09. The van der Waals surface area contributed by atoms with Crippen molar-refractivity contribution in [1.82, 2.24) is 4.90 Å². The normalized spacial score (nSPS) is 17.9. The average molecular weight is 282 g/mol. The Balaban J connectivity index is 0.000000637. The number of ether oxygens (including phenoxy) is 1. The first-order chi connectivity index (χ1) is 9.24. The first kappa shape index (κ1) is 14.4. The van der Waals surface area contributed by atoms with Crippen LogP contribution in [-0.2, 0) is 22.5 Å². The predicted molar refractivity (Wildman–Crippen MR) is 76.2 cm³/mol. The van der Waals surface area contributed by atoms with Gasteiger partial charge in [0.25, 0.3) is 0 Å². The Morgan fingerprint density at radius 1 is 1.32 bits per heavy atom. The molecule has 0 bridgehead atoms. The number of fused-ring (bicyclic) bond motifs is 1. The molecule has 2 aliphatic heterocycles. The van der Waals surface area contributed by atoms with E-state index in [1.165, 1.54) is 11.1 Å². The molecule has 1 fully saturated rings. The molecule has 3 nitrogen and oxygen atoms in total. The molecular weight excluding hydrogens is 262 g/mol. The standard InChI is InChI=1S/C13H14ClNO2.C2H6/c14-12-2-1-9-3-4-15(6-10(9)5-12)13(16)11-7-17-8-11;1-2/h1-2,5,11H,3-4,6-8H2;1-2H3. The Morgan fingerprint density at radius 3 is 2.68 bits per heavy atom. The molecule has 1 saturated heterocycles. The minimum absolute atomic E-state index is 0.0794. The van der Waals surface area contributed by atoms with Crippen LogP contribution < -0.4 is 0 Å². The van der Waals surface area contributed by atoms with Crippen molar-refractivity contribution in [2.45, 2.75) is 26.8 Å². The molecule has 0 aliphatic carbocycles. The maximum absolute atomic E-state index is 12.1. The van der Waals surface area contributed by atoms with E-state index in [0.717, 1.165) is 18.0 Å². The van der Waals surface area contributed by atoms with Crippen molar-refractivity contribution in [3.63, 3.8) is 0 Å². The number of rotatable bonds is 1. The number of nitrogens with zero attached hydrogens (tertiary/aromatic N) is 1. The monoisotopic (exact) mass is 281 g/mol. The van der Waals surface area contributed by atoms with Crippen molar-refractivity contribution < 1.29 is 9.53 Å². The summed E-state index contributed by atoms with van der Waals surface area (Å²) in [4.78, 5) is 14.0. The van der Waals surface area contributed by atoms with Crippen LogP contribution in [0.1, 0.15) is 25.0 Å². The first-order valence-electron chi connectivity index (χ1n) is 6.88. The Morgan fingerprint density at radius 2 is 2.05 bits per heavy atom. The summed E-state index contributed by atoms with van der Waals surface area (Å²) in [5, 5.41) is 0.741. The van der Waals surface area contributed by atoms with E-state index >= 15 is 0 Å². The van der Waals surface area contributed by atoms with Crippen molar-refractivity contribution in [3.05, 3.63) is 34.3 Å². The van der Waals surface area contributed by atoms with E-state index in [0.29, 0.717) is 19.8 Å². The van der Waals surface area contributed by atoms with Crippen LogP contribution in [0.4, 0.5) is 0 Å². The molecule has 0 aromatic heterocycles. The van der Waals surface area contributed by atoms with Crippen LogP contribution >= 0.6 is 11.6 Å². The number of carbonyl (C=O) groups is 1. The number of amides is 1. The fourth-order valence-corrected chi connectivity index (χ4v) is 2.54. The zero-order valence-electron chi connectivity index (χ0n) is 11.5. The smallest absolute Gasteiger partial charge is 0.230 e. The summed E-state index contributed by atoms with van der Waals surface area (Å²) in [6.45, 7) is 6.66. The van der Waals surface area contributed by atoms with Crippen LogP contribution in [0.15, 0.2) is 18.2 Å². The fraction of sp³-hybridized carbons (Fsp3) is 0.533. The minimum atomic E-state index is 0.0794. The molecule has 1 aromatic rings. The van der Waals surface area contributed by atoms with Gasteiger partial charge in [0.2, 0.25) is 5.91 Å². The van der Waals surface area contributed by atoms with Gasteiger partial charge in [0.15, 0.2) is 0 Å². The third-order valence-corrected chi connectivity index (χ3v) is 3.71. The van der Waals surface area contributed by atoms with Crippen LogP contribution in [-0.4, -0.2) is 30.6 Å². The van der Waals surface area contributed by atoms with Crippen LogP contribution in [0.25, 0.3) is 0 Å². The van der Waals surface area contributed by atoms with E-state index in [2.05, 4.69) is 6.07 Å². The Kier molecular flexibility index (Phi) is 4.83. The fourth-order valence-electron chi connectivity index (χ4n) is 2.35. The van der Waals surface area contributed by atoms with Gasteiger partial charge in [0.05, 0.1) is 19.1 Å². The van der Waals surface area contributed by atoms with Gasteiger partial charge in [-0.05, 0) is 29.7 Å². The highest BCUT2D eigenvalue weighted by molar-refractivity contribution is 6.30. The third kappa shape index (κ3) is 3.10. The van der Waals surface area contributed by atoms with E-state index in [4.69, 9.17) is 16.3 Å². The lowest BCUT2D eigenvalue weighted by atomic mass is 9.98. The molecule has 104 valence electrons. The minimum Gasteiger partial charge on any atom is -0.380 e. The highest BCUT2D eigenvalue weighted by Crippen LogP contribution is 2.24. The summed E-state index contributed by atoms with van der Waals surface area (Å²) >= 11 is 5.98. The van der Waals surface area contributed by atoms with Gasteiger partial charge in [0, 0.05) is 18.1 Å². The second-order valence-electron chi connectivity index (χ2n) is 4.66. The van der Waals surface area contributed by atoms with Crippen molar-refractivity contribution in [2.24, 2.45) is 5.92 Å². The molecule has 0 saturated carbocycles. The number of benzene rings is 1. The number of halogens is 1. The van der Waals surface area contributed by atoms with Crippen LogP contribution in [0.5, 0.6) is 0 Å². The van der Waals surface area contributed by atoms with Crippen molar-refractivity contribution in [1.29, 1.82) is 0 Å². The molecule has 19 heavy (non-hydrogen) atoms. The lowest BCUT2D eigenvalue weighted by Crippen LogP contribution is -2.46. The molecule has 0 radical (unpaired) electrons. The van der Waals surface area contributed by atoms with Gasteiger partial charge in [-0.3, -0.25) is 4.79 Å². The molecule has 0 spiro atoms. The van der Waals surface area contributed by atoms with E-state index in [-0.39, 0.29) is 11.8 Å². The van der Waals surface area contributed by atoms with Gasteiger partial charge in [-0.15, -0.1) is 0 Å². The van der Waals surface area contributed by atoms with Gasteiger partial charge >= 0.3 is 0 Å². The van der Waals surface area contributed by atoms with Gasteiger partial charge in [-0.1, -0.05) is 31.5 Å². The Labute approximate surface area is 119 Å². The molecule has 2 aliphatic rings. The summed E-state index contributed by atoms with van der Waals surface area (Å²) in [5.41, 5.74) is 2.49. The van der Waals surface area contributed by atoms with Crippen molar-refractivity contribution >= 4 is 17.5 Å². The highest BCUT2D eigenvalue weighted by Gasteiger charge is 2.32. The molecular formula is C15H20ClNO2. The Hall–Kier alpha value is -1.06. The van der Waals surface area contributed by atoms with Crippen LogP contribution in [0, 0.1) is 5.92 Å². The zero-order valence-corrected chi connectivity index (χ0v) is 12.2. The maximum atomic E-state index is 12.1. The highest BCUT2D eigenvalue weighted by atomic mass is 35.5. The molecule has 1 aromatic carbocycles. The first-order valence-corrected chi connectivity index (χ1v) is 7.25. The third-order valence-electron chi connectivity index (χ3n) is 3.48. The quantitative estimate of drug-likeness (QED) is 0.792. The SMILES string of the molecule is CC.O=C(C1COC1)N1CCc2ccc(Cl)cc2C1. The lowest BCUT2D eigenvalue weighted by molar-refractivity contribution is -0.150. The largest absolute Gasteiger partial charge is 0.380 e. The summed E-state index contributed by atoms with van der Waals surface area (Å²) in [7, 11) is 0. The number of hydrogen-bond acceptors (Lipinski definition) is 2.